The highest BCUT2D eigenvalue weighted by Gasteiger charge is 2.17. The van der Waals surface area contributed by atoms with Gasteiger partial charge in [0.1, 0.15) is 0 Å². The summed E-state index contributed by atoms with van der Waals surface area (Å²) in [6, 6.07) is 0. The predicted octanol–water partition coefficient (Wildman–Crippen LogP) is 6.02. The van der Waals surface area contributed by atoms with Crippen LogP contribution in [0, 0.1) is 0 Å². The Balaban J connectivity index is 1.87. The van der Waals surface area contributed by atoms with Crippen LogP contribution in [0.5, 0.6) is 0 Å². The number of imidazole rings is 1. The Bertz CT molecular complexity index is 884. The van der Waals surface area contributed by atoms with Crippen LogP contribution in [0.1, 0.15) is 104 Å². The van der Waals surface area contributed by atoms with Crippen LogP contribution < -0.4 is 11.2 Å². The molecule has 0 atom stereocenters. The van der Waals surface area contributed by atoms with Crippen molar-refractivity contribution >= 4 is 22.9 Å². The van der Waals surface area contributed by atoms with Crippen LogP contribution in [0.25, 0.3) is 11.2 Å². The summed E-state index contributed by atoms with van der Waals surface area (Å²) in [5.74, 6) is 1.00. The van der Waals surface area contributed by atoms with E-state index in [-0.39, 0.29) is 5.56 Å². The number of aromatic amines is 1. The molecule has 6 nitrogen and oxygen atoms in total. The van der Waals surface area contributed by atoms with Crippen molar-refractivity contribution in [1.29, 1.82) is 0 Å². The average molecular weight is 451 g/mol. The summed E-state index contributed by atoms with van der Waals surface area (Å²) in [5.41, 5.74) is 0.297. The lowest BCUT2D eigenvalue weighted by Gasteiger charge is -2.08. The van der Waals surface area contributed by atoms with Crippen molar-refractivity contribution in [2.24, 2.45) is 7.05 Å². The Morgan fingerprint density at radius 3 is 1.97 bits per heavy atom. The van der Waals surface area contributed by atoms with E-state index in [9.17, 15) is 9.59 Å². The maximum absolute atomic E-state index is 12.5. The Morgan fingerprint density at radius 2 is 1.35 bits per heavy atom. The standard InChI is InChI=1S/C24H42N4O2S/c1-4-6-8-10-11-12-13-14-15-17-19-31-24-25-21-20(22(29)26-23(30)27(21)3)28(24)18-16-9-7-5-2/h4-19H2,1-3H3,(H,26,29,30). The molecule has 0 fully saturated rings. The maximum Gasteiger partial charge on any atom is 0.329 e. The zero-order valence-corrected chi connectivity index (χ0v) is 20.7. The van der Waals surface area contributed by atoms with Crippen LogP contribution in [0.3, 0.4) is 0 Å². The van der Waals surface area contributed by atoms with Crippen LogP contribution in [0.2, 0.25) is 0 Å². The molecule has 0 bridgehead atoms. The third-order valence-corrected chi connectivity index (χ3v) is 7.00. The highest BCUT2D eigenvalue weighted by molar-refractivity contribution is 7.99. The smallest absolute Gasteiger partial charge is 0.313 e. The largest absolute Gasteiger partial charge is 0.329 e. The molecule has 7 heteroatoms. The fourth-order valence-corrected chi connectivity index (χ4v) is 5.00. The minimum Gasteiger partial charge on any atom is -0.313 e. The first-order valence-corrected chi connectivity index (χ1v) is 13.4. The first-order chi connectivity index (χ1) is 15.1. The number of H-pyrrole nitrogens is 1. The van der Waals surface area contributed by atoms with Gasteiger partial charge in [0, 0.05) is 19.3 Å². The van der Waals surface area contributed by atoms with Gasteiger partial charge >= 0.3 is 5.69 Å². The topological polar surface area (TPSA) is 72.7 Å². The molecular formula is C24H42N4O2S. The maximum atomic E-state index is 12.5. The number of nitrogens with one attached hydrogen (secondary N) is 1. The number of rotatable bonds is 17. The van der Waals surface area contributed by atoms with Gasteiger partial charge in [-0.2, -0.15) is 0 Å². The molecule has 0 saturated carbocycles. The molecule has 1 N–H and O–H groups in total. The number of thioether (sulfide) groups is 1. The first-order valence-electron chi connectivity index (χ1n) is 12.4. The van der Waals surface area contributed by atoms with Crippen LogP contribution in [0.15, 0.2) is 14.7 Å². The minimum atomic E-state index is -0.403. The van der Waals surface area contributed by atoms with Crippen molar-refractivity contribution in [2.45, 2.75) is 115 Å². The minimum absolute atomic E-state index is 0.327. The van der Waals surface area contributed by atoms with Gasteiger partial charge in [-0.3, -0.25) is 14.3 Å². The molecule has 0 aromatic carbocycles. The van der Waals surface area contributed by atoms with E-state index in [2.05, 4.69) is 23.8 Å². The van der Waals surface area contributed by atoms with Crippen molar-refractivity contribution in [1.82, 2.24) is 19.1 Å². The van der Waals surface area contributed by atoms with Gasteiger partial charge in [0.15, 0.2) is 16.3 Å². The number of hydrogen-bond donors (Lipinski definition) is 1. The molecule has 2 aromatic heterocycles. The van der Waals surface area contributed by atoms with E-state index in [1.807, 2.05) is 4.57 Å². The van der Waals surface area contributed by atoms with E-state index < -0.39 is 5.69 Å². The number of nitrogens with zero attached hydrogens (tertiary/aromatic N) is 3. The molecule has 31 heavy (non-hydrogen) atoms. The zero-order valence-electron chi connectivity index (χ0n) is 19.9. The van der Waals surface area contributed by atoms with Crippen molar-refractivity contribution in [3.05, 3.63) is 20.8 Å². The summed E-state index contributed by atoms with van der Waals surface area (Å²) in [5, 5.41) is 0.870. The van der Waals surface area contributed by atoms with Gasteiger partial charge in [0.25, 0.3) is 5.56 Å². The fourth-order valence-electron chi connectivity index (χ4n) is 3.98. The zero-order chi connectivity index (χ0) is 22.5. The van der Waals surface area contributed by atoms with Gasteiger partial charge in [0.2, 0.25) is 0 Å². The first kappa shape index (κ1) is 25.8. The summed E-state index contributed by atoms with van der Waals surface area (Å²) in [7, 11) is 1.67. The molecule has 0 amide bonds. The number of aromatic nitrogens is 4. The van der Waals surface area contributed by atoms with Crippen LogP contribution >= 0.6 is 11.8 Å². The molecule has 0 radical (unpaired) electrons. The van der Waals surface area contributed by atoms with Crippen molar-refractivity contribution in [3.8, 4) is 0 Å². The summed E-state index contributed by atoms with van der Waals surface area (Å²) in [6.45, 7) is 5.23. The molecule has 2 heterocycles. The van der Waals surface area contributed by atoms with Crippen molar-refractivity contribution < 1.29 is 0 Å². The van der Waals surface area contributed by atoms with Gasteiger partial charge in [0.05, 0.1) is 0 Å². The van der Waals surface area contributed by atoms with Crippen molar-refractivity contribution in [3.63, 3.8) is 0 Å². The van der Waals surface area contributed by atoms with Gasteiger partial charge in [-0.25, -0.2) is 9.78 Å². The highest BCUT2D eigenvalue weighted by Crippen LogP contribution is 2.24. The fraction of sp³-hybridized carbons (Fsp3) is 0.792. The lowest BCUT2D eigenvalue weighted by molar-refractivity contribution is 0.560. The Morgan fingerprint density at radius 1 is 0.806 bits per heavy atom. The quantitative estimate of drug-likeness (QED) is 0.236. The van der Waals surface area contributed by atoms with Gasteiger partial charge < -0.3 is 4.57 Å². The lowest BCUT2D eigenvalue weighted by Crippen LogP contribution is -2.29. The number of aryl methyl sites for hydroxylation is 2. The van der Waals surface area contributed by atoms with E-state index in [1.165, 1.54) is 75.2 Å². The molecule has 2 rings (SSSR count). The average Bonchev–Trinajstić information content (AvgIpc) is 3.12. The predicted molar refractivity (Wildman–Crippen MR) is 132 cm³/mol. The Kier molecular flexibility index (Phi) is 12.1. The SMILES string of the molecule is CCCCCCCCCCCCSc1nc2c(c(=O)[nH]c(=O)n2C)n1CCCCCC. The van der Waals surface area contributed by atoms with Crippen LogP contribution in [-0.4, -0.2) is 24.9 Å². The van der Waals surface area contributed by atoms with E-state index in [4.69, 9.17) is 0 Å². The molecule has 176 valence electrons. The molecule has 0 unspecified atom stereocenters. The summed E-state index contributed by atoms with van der Waals surface area (Å²) in [6.07, 6.45) is 17.8. The Labute approximate surface area is 191 Å². The normalized spacial score (nSPS) is 11.6. The van der Waals surface area contributed by atoms with Crippen LogP contribution in [0.4, 0.5) is 0 Å². The summed E-state index contributed by atoms with van der Waals surface area (Å²) < 4.78 is 3.48. The third-order valence-electron chi connectivity index (χ3n) is 5.94. The van der Waals surface area contributed by atoms with Crippen LogP contribution in [-0.2, 0) is 13.6 Å². The summed E-state index contributed by atoms with van der Waals surface area (Å²) >= 11 is 1.72. The second-order valence-corrected chi connectivity index (χ2v) is 9.69. The second-order valence-electron chi connectivity index (χ2n) is 8.63. The van der Waals surface area contributed by atoms with E-state index >= 15 is 0 Å². The van der Waals surface area contributed by atoms with Gasteiger partial charge in [-0.1, -0.05) is 103 Å². The Hall–Kier alpha value is -1.50. The molecule has 0 aliphatic rings. The monoisotopic (exact) mass is 450 g/mol. The second kappa shape index (κ2) is 14.5. The van der Waals surface area contributed by atoms with Gasteiger partial charge in [-0.15, -0.1) is 0 Å². The third kappa shape index (κ3) is 8.17. The molecule has 0 saturated heterocycles. The molecule has 0 aliphatic heterocycles. The van der Waals surface area contributed by atoms with E-state index in [1.54, 1.807) is 18.8 Å². The van der Waals surface area contributed by atoms with Gasteiger partial charge in [-0.05, 0) is 12.8 Å². The number of fused-ring (bicyclic) bond motifs is 1. The number of hydrogen-bond acceptors (Lipinski definition) is 4. The number of unbranched alkanes of at least 4 members (excludes halogenated alkanes) is 12. The summed E-state index contributed by atoms with van der Waals surface area (Å²) in [4.78, 5) is 31.6. The van der Waals surface area contributed by atoms with E-state index in [0.717, 1.165) is 36.7 Å². The molecule has 2 aromatic rings. The lowest BCUT2D eigenvalue weighted by atomic mass is 10.1. The van der Waals surface area contributed by atoms with Crippen molar-refractivity contribution in [2.75, 3.05) is 5.75 Å². The highest BCUT2D eigenvalue weighted by atomic mass is 32.2. The molecular weight excluding hydrogens is 408 g/mol. The molecule has 0 spiro atoms. The van der Waals surface area contributed by atoms with E-state index in [0.29, 0.717) is 11.2 Å². The molecule has 0 aliphatic carbocycles.